The first-order valence-corrected chi connectivity index (χ1v) is 7.53. The minimum Gasteiger partial charge on any atom is -0.462 e. The molecule has 0 aliphatic heterocycles. The second-order valence-electron chi connectivity index (χ2n) is 4.97. The molecule has 0 spiro atoms. The fraction of sp³-hybridized carbons (Fsp3) is 0.867. The maximum atomic E-state index is 11.5. The lowest BCUT2D eigenvalue weighted by Crippen LogP contribution is -2.28. The van der Waals surface area contributed by atoms with Crippen molar-refractivity contribution in [2.45, 2.75) is 71.3 Å². The Labute approximate surface area is 121 Å². The second-order valence-corrected chi connectivity index (χ2v) is 4.97. The molecule has 0 rings (SSSR count). The monoisotopic (exact) mass is 288 g/mol. The molecule has 0 bridgehead atoms. The number of aliphatic hydroxyl groups is 1. The van der Waals surface area contributed by atoms with Gasteiger partial charge in [0, 0.05) is 13.3 Å². The standard InChI is InChI=1S/C15H28O5/c1-3-4-5-6-7-8-9-10-15(18)20-14(11-16)12-19-13(2)17/h14,16H,3-12H2,1-2H3. The lowest BCUT2D eigenvalue weighted by molar-refractivity contribution is -0.160. The van der Waals surface area contributed by atoms with E-state index < -0.39 is 12.1 Å². The summed E-state index contributed by atoms with van der Waals surface area (Å²) in [6.07, 6.45) is 7.55. The van der Waals surface area contributed by atoms with Crippen LogP contribution in [0.25, 0.3) is 0 Å². The lowest BCUT2D eigenvalue weighted by Gasteiger charge is -2.15. The van der Waals surface area contributed by atoms with Crippen LogP contribution >= 0.6 is 0 Å². The summed E-state index contributed by atoms with van der Waals surface area (Å²) in [5.74, 6) is -0.795. The summed E-state index contributed by atoms with van der Waals surface area (Å²) in [5.41, 5.74) is 0. The first-order valence-electron chi connectivity index (χ1n) is 7.53. The Balaban J connectivity index is 3.57. The fourth-order valence-corrected chi connectivity index (χ4v) is 1.81. The number of aliphatic hydroxyl groups excluding tert-OH is 1. The van der Waals surface area contributed by atoms with E-state index in [4.69, 9.17) is 14.6 Å². The van der Waals surface area contributed by atoms with E-state index >= 15 is 0 Å². The zero-order chi connectivity index (χ0) is 15.2. The van der Waals surface area contributed by atoms with E-state index in [0.717, 1.165) is 19.3 Å². The zero-order valence-electron chi connectivity index (χ0n) is 12.7. The quantitative estimate of drug-likeness (QED) is 0.441. The highest BCUT2D eigenvalue weighted by molar-refractivity contribution is 5.69. The summed E-state index contributed by atoms with van der Waals surface area (Å²) in [6.45, 7) is 3.03. The minimum atomic E-state index is -0.754. The molecular weight excluding hydrogens is 260 g/mol. The van der Waals surface area contributed by atoms with Crippen molar-refractivity contribution < 1.29 is 24.2 Å². The van der Waals surface area contributed by atoms with Crippen molar-refractivity contribution in [3.8, 4) is 0 Å². The van der Waals surface area contributed by atoms with Gasteiger partial charge in [0.05, 0.1) is 6.61 Å². The molecule has 0 aliphatic carbocycles. The number of unbranched alkanes of at least 4 members (excludes halogenated alkanes) is 6. The van der Waals surface area contributed by atoms with Crippen molar-refractivity contribution in [2.75, 3.05) is 13.2 Å². The number of rotatable bonds is 12. The molecule has 1 unspecified atom stereocenters. The summed E-state index contributed by atoms with van der Waals surface area (Å²) in [7, 11) is 0. The van der Waals surface area contributed by atoms with Crippen LogP contribution in [0.15, 0.2) is 0 Å². The third-order valence-electron chi connectivity index (χ3n) is 2.96. The highest BCUT2D eigenvalue weighted by Gasteiger charge is 2.14. The molecule has 20 heavy (non-hydrogen) atoms. The van der Waals surface area contributed by atoms with Gasteiger partial charge in [-0.25, -0.2) is 0 Å². The third kappa shape index (κ3) is 12.0. The van der Waals surface area contributed by atoms with Gasteiger partial charge in [0.1, 0.15) is 6.61 Å². The molecule has 1 atom stereocenters. The topological polar surface area (TPSA) is 72.8 Å². The Bertz CT molecular complexity index is 265. The smallest absolute Gasteiger partial charge is 0.306 e. The summed E-state index contributed by atoms with van der Waals surface area (Å²) in [5, 5.41) is 9.01. The molecule has 5 heteroatoms. The molecule has 0 aromatic rings. The Hall–Kier alpha value is -1.10. The van der Waals surface area contributed by atoms with Gasteiger partial charge in [-0.3, -0.25) is 9.59 Å². The van der Waals surface area contributed by atoms with E-state index in [0.29, 0.717) is 6.42 Å². The summed E-state index contributed by atoms with van der Waals surface area (Å²) in [4.78, 5) is 22.1. The highest BCUT2D eigenvalue weighted by Crippen LogP contribution is 2.09. The van der Waals surface area contributed by atoms with Crippen LogP contribution in [0, 0.1) is 0 Å². The molecule has 5 nitrogen and oxygen atoms in total. The molecule has 0 radical (unpaired) electrons. The predicted octanol–water partition coefficient (Wildman–Crippen LogP) is 2.59. The molecule has 118 valence electrons. The van der Waals surface area contributed by atoms with E-state index in [2.05, 4.69) is 6.92 Å². The van der Waals surface area contributed by atoms with Gasteiger partial charge in [-0.15, -0.1) is 0 Å². The van der Waals surface area contributed by atoms with Crippen LogP contribution in [0.3, 0.4) is 0 Å². The van der Waals surface area contributed by atoms with Gasteiger partial charge in [-0.05, 0) is 6.42 Å². The molecule has 0 aromatic carbocycles. The molecule has 0 fully saturated rings. The van der Waals surface area contributed by atoms with E-state index in [1.165, 1.54) is 32.6 Å². The van der Waals surface area contributed by atoms with Gasteiger partial charge >= 0.3 is 11.9 Å². The van der Waals surface area contributed by atoms with Crippen LogP contribution in [0.5, 0.6) is 0 Å². The molecule has 1 N–H and O–H groups in total. The maximum absolute atomic E-state index is 11.5. The fourth-order valence-electron chi connectivity index (χ4n) is 1.81. The number of esters is 2. The molecule has 0 aliphatic rings. The van der Waals surface area contributed by atoms with Crippen molar-refractivity contribution in [3.63, 3.8) is 0 Å². The normalized spacial score (nSPS) is 11.9. The largest absolute Gasteiger partial charge is 0.462 e. The van der Waals surface area contributed by atoms with Crippen LogP contribution in [0.2, 0.25) is 0 Å². The van der Waals surface area contributed by atoms with Gasteiger partial charge in [0.2, 0.25) is 0 Å². The van der Waals surface area contributed by atoms with Crippen molar-refractivity contribution in [2.24, 2.45) is 0 Å². The van der Waals surface area contributed by atoms with E-state index in [9.17, 15) is 9.59 Å². The van der Waals surface area contributed by atoms with Gasteiger partial charge in [0.25, 0.3) is 0 Å². The number of hydrogen-bond acceptors (Lipinski definition) is 5. The zero-order valence-corrected chi connectivity index (χ0v) is 12.7. The predicted molar refractivity (Wildman–Crippen MR) is 76.2 cm³/mol. The Morgan fingerprint density at radius 2 is 1.65 bits per heavy atom. The lowest BCUT2D eigenvalue weighted by atomic mass is 10.1. The van der Waals surface area contributed by atoms with Crippen molar-refractivity contribution >= 4 is 11.9 Å². The molecule has 0 saturated carbocycles. The maximum Gasteiger partial charge on any atom is 0.306 e. The molecule has 0 amide bonds. The molecule has 0 aromatic heterocycles. The van der Waals surface area contributed by atoms with Gasteiger partial charge in [0.15, 0.2) is 6.10 Å². The van der Waals surface area contributed by atoms with Gasteiger partial charge in [-0.2, -0.15) is 0 Å². The Kier molecular flexibility index (Phi) is 12.2. The van der Waals surface area contributed by atoms with Gasteiger partial charge in [-0.1, -0.05) is 45.4 Å². The summed E-state index contributed by atoms with van der Waals surface area (Å²) < 4.78 is 9.73. The number of ether oxygens (including phenoxy) is 2. The number of hydrogen-bond donors (Lipinski definition) is 1. The number of carbonyl (C=O) groups excluding carboxylic acids is 2. The first kappa shape index (κ1) is 18.9. The second kappa shape index (κ2) is 12.9. The molecule has 0 heterocycles. The van der Waals surface area contributed by atoms with Crippen LogP contribution in [-0.2, 0) is 19.1 Å². The van der Waals surface area contributed by atoms with Crippen molar-refractivity contribution in [1.29, 1.82) is 0 Å². The van der Waals surface area contributed by atoms with E-state index in [-0.39, 0.29) is 19.2 Å². The average Bonchev–Trinajstić information content (AvgIpc) is 2.42. The van der Waals surface area contributed by atoms with Gasteiger partial charge < -0.3 is 14.6 Å². The summed E-state index contributed by atoms with van der Waals surface area (Å²) >= 11 is 0. The highest BCUT2D eigenvalue weighted by atomic mass is 16.6. The first-order chi connectivity index (χ1) is 9.60. The molecular formula is C15H28O5. The van der Waals surface area contributed by atoms with Crippen LogP contribution < -0.4 is 0 Å². The third-order valence-corrected chi connectivity index (χ3v) is 2.96. The Morgan fingerprint density at radius 1 is 1.05 bits per heavy atom. The van der Waals surface area contributed by atoms with Crippen molar-refractivity contribution in [3.05, 3.63) is 0 Å². The average molecular weight is 288 g/mol. The van der Waals surface area contributed by atoms with E-state index in [1.807, 2.05) is 0 Å². The summed E-state index contributed by atoms with van der Waals surface area (Å²) in [6, 6.07) is 0. The van der Waals surface area contributed by atoms with Crippen LogP contribution in [-0.4, -0.2) is 36.4 Å². The van der Waals surface area contributed by atoms with Crippen LogP contribution in [0.1, 0.15) is 65.2 Å². The Morgan fingerprint density at radius 3 is 2.20 bits per heavy atom. The number of carbonyl (C=O) groups is 2. The minimum absolute atomic E-state index is 0.0887. The van der Waals surface area contributed by atoms with Crippen molar-refractivity contribution in [1.82, 2.24) is 0 Å². The molecule has 0 saturated heterocycles. The van der Waals surface area contributed by atoms with E-state index in [1.54, 1.807) is 0 Å². The SMILES string of the molecule is CCCCCCCCCC(=O)OC(CO)COC(C)=O. The van der Waals surface area contributed by atoms with Crippen LogP contribution in [0.4, 0.5) is 0 Å².